The summed E-state index contributed by atoms with van der Waals surface area (Å²) in [6, 6.07) is 0. The molecule has 0 amide bonds. The first-order valence-electron chi connectivity index (χ1n) is 25.0. The molecule has 0 aromatic carbocycles. The average molecular weight is 949 g/mol. The van der Waals surface area contributed by atoms with Crippen LogP contribution >= 0.6 is 0 Å². The molecular weight excluding hydrogens is 861 g/mol. The van der Waals surface area contributed by atoms with Gasteiger partial charge in [-0.05, 0) is 89.9 Å². The number of rotatable bonds is 42. The van der Waals surface area contributed by atoms with Crippen molar-refractivity contribution in [1.29, 1.82) is 0 Å². The highest BCUT2D eigenvalue weighted by atomic mass is 32.3. The van der Waals surface area contributed by atoms with E-state index in [1.807, 2.05) is 6.08 Å². The first-order valence-corrected chi connectivity index (χ1v) is 26.4. The first kappa shape index (κ1) is 61.0. The number of carbonyl (C=O) groups excluding carboxylic acids is 1. The van der Waals surface area contributed by atoms with Crippen molar-refractivity contribution < 1.29 is 56.2 Å². The summed E-state index contributed by atoms with van der Waals surface area (Å²) in [6.07, 6.45) is 50.1. The molecule has 0 aliphatic carbocycles. The zero-order chi connectivity index (χ0) is 48.2. The zero-order valence-corrected chi connectivity index (χ0v) is 41.3. The van der Waals surface area contributed by atoms with Crippen LogP contribution in [-0.2, 0) is 38.3 Å². The Hall–Kier alpha value is -2.98. The van der Waals surface area contributed by atoms with Gasteiger partial charge < -0.3 is 34.3 Å². The van der Waals surface area contributed by atoms with E-state index in [9.17, 15) is 33.1 Å². The predicted octanol–water partition coefficient (Wildman–Crippen LogP) is 11.4. The third kappa shape index (κ3) is 36.1. The van der Waals surface area contributed by atoms with E-state index < -0.39 is 59.8 Å². The Morgan fingerprint density at radius 2 is 1.05 bits per heavy atom. The molecule has 6 atom stereocenters. The van der Waals surface area contributed by atoms with Gasteiger partial charge in [0.25, 0.3) is 0 Å². The highest BCUT2D eigenvalue weighted by molar-refractivity contribution is 7.80. The van der Waals surface area contributed by atoms with Crippen molar-refractivity contribution in [3.05, 3.63) is 97.2 Å². The minimum Gasteiger partial charge on any atom is -0.457 e. The summed E-state index contributed by atoms with van der Waals surface area (Å²) in [7, 11) is -5.08. The van der Waals surface area contributed by atoms with Gasteiger partial charge in [-0.25, -0.2) is 4.18 Å². The molecule has 13 heteroatoms. The molecule has 1 heterocycles. The molecule has 1 fully saturated rings. The van der Waals surface area contributed by atoms with Crippen LogP contribution in [0.2, 0.25) is 0 Å². The number of aliphatic hydroxyl groups is 3. The van der Waals surface area contributed by atoms with E-state index in [1.165, 1.54) is 57.8 Å². The summed E-state index contributed by atoms with van der Waals surface area (Å²) in [5, 5.41) is 30.7. The van der Waals surface area contributed by atoms with Gasteiger partial charge in [-0.15, -0.1) is 0 Å². The van der Waals surface area contributed by atoms with Gasteiger partial charge in [-0.3, -0.25) is 9.35 Å². The highest BCUT2D eigenvalue weighted by Gasteiger charge is 2.48. The second-order valence-corrected chi connectivity index (χ2v) is 17.7. The lowest BCUT2D eigenvalue weighted by atomic mass is 9.99. The number of allylic oxidation sites excluding steroid dienone is 16. The monoisotopic (exact) mass is 949 g/mol. The summed E-state index contributed by atoms with van der Waals surface area (Å²) in [6.45, 7) is 3.77. The topological polar surface area (TPSA) is 178 Å². The number of ether oxygens (including phenoxy) is 4. The molecule has 0 radical (unpaired) electrons. The molecule has 0 saturated carbocycles. The third-order valence-corrected chi connectivity index (χ3v) is 11.2. The van der Waals surface area contributed by atoms with Crippen molar-refractivity contribution in [3.63, 3.8) is 0 Å². The van der Waals surface area contributed by atoms with Gasteiger partial charge in [-0.1, -0.05) is 169 Å². The van der Waals surface area contributed by atoms with Crippen LogP contribution in [-0.4, -0.2) is 97.5 Å². The fourth-order valence-electron chi connectivity index (χ4n) is 6.95. The van der Waals surface area contributed by atoms with E-state index >= 15 is 0 Å². The molecule has 6 unspecified atom stereocenters. The van der Waals surface area contributed by atoms with Crippen molar-refractivity contribution in [1.82, 2.24) is 0 Å². The summed E-state index contributed by atoms with van der Waals surface area (Å²) >= 11 is 0. The second-order valence-electron chi connectivity index (χ2n) is 16.7. The first-order chi connectivity index (χ1) is 32.1. The third-order valence-electron chi connectivity index (χ3n) is 10.7. The second kappa shape index (κ2) is 43.3. The van der Waals surface area contributed by atoms with E-state index in [1.54, 1.807) is 0 Å². The van der Waals surface area contributed by atoms with Gasteiger partial charge in [0, 0.05) is 13.0 Å². The Kier molecular flexibility index (Phi) is 40.1. The Bertz CT molecular complexity index is 1520. The maximum atomic E-state index is 12.9. The highest BCUT2D eigenvalue weighted by Crippen LogP contribution is 2.26. The summed E-state index contributed by atoms with van der Waals surface area (Å²) < 4.78 is 59.1. The van der Waals surface area contributed by atoms with E-state index in [2.05, 4.69) is 109 Å². The van der Waals surface area contributed by atoms with Crippen LogP contribution in [0.25, 0.3) is 0 Å². The molecular formula is C53H88O12S. The van der Waals surface area contributed by atoms with Gasteiger partial charge in [0.1, 0.15) is 30.5 Å². The van der Waals surface area contributed by atoms with Crippen molar-refractivity contribution in [2.45, 2.75) is 205 Å². The number of carbonyl (C=O) groups is 1. The van der Waals surface area contributed by atoms with Crippen LogP contribution in [0.4, 0.5) is 0 Å². The molecule has 66 heavy (non-hydrogen) atoms. The molecule has 1 aliphatic heterocycles. The van der Waals surface area contributed by atoms with Crippen LogP contribution in [0.3, 0.4) is 0 Å². The fraction of sp³-hybridized carbons (Fsp3) is 0.679. The molecule has 0 spiro atoms. The summed E-state index contributed by atoms with van der Waals surface area (Å²) in [5.41, 5.74) is 0. The van der Waals surface area contributed by atoms with E-state index in [0.29, 0.717) is 19.4 Å². The summed E-state index contributed by atoms with van der Waals surface area (Å²) in [4.78, 5) is 12.9. The van der Waals surface area contributed by atoms with Crippen LogP contribution in [0.15, 0.2) is 97.2 Å². The Morgan fingerprint density at radius 3 is 1.55 bits per heavy atom. The van der Waals surface area contributed by atoms with E-state index in [4.69, 9.17) is 18.9 Å². The Labute approximate surface area is 399 Å². The van der Waals surface area contributed by atoms with Gasteiger partial charge in [0.2, 0.25) is 0 Å². The van der Waals surface area contributed by atoms with Crippen LogP contribution in [0.5, 0.6) is 0 Å². The molecule has 378 valence electrons. The quantitative estimate of drug-likeness (QED) is 0.0197. The molecule has 1 saturated heterocycles. The largest absolute Gasteiger partial charge is 0.457 e. The smallest absolute Gasteiger partial charge is 0.397 e. The SMILES string of the molecule is CC/C=C\C/C=C\C/C=C\C/C=C\C/C=C\C/C=C\C/C=C\CCCC(=O)OC(COCCCCCCCC/C=C\CCCCCCCC)COC1OC(CO)C(O)C(OS(=O)(=O)O)C1O. The van der Waals surface area contributed by atoms with Gasteiger partial charge in [0.15, 0.2) is 6.29 Å². The maximum Gasteiger partial charge on any atom is 0.397 e. The number of hydrogen-bond donors (Lipinski definition) is 4. The molecule has 12 nitrogen and oxygen atoms in total. The minimum atomic E-state index is -5.08. The van der Waals surface area contributed by atoms with E-state index in [-0.39, 0.29) is 19.6 Å². The predicted molar refractivity (Wildman–Crippen MR) is 266 cm³/mol. The van der Waals surface area contributed by atoms with E-state index in [0.717, 1.165) is 77.0 Å². The van der Waals surface area contributed by atoms with Crippen LogP contribution < -0.4 is 0 Å². The maximum absolute atomic E-state index is 12.9. The van der Waals surface area contributed by atoms with Crippen molar-refractivity contribution in [2.75, 3.05) is 26.4 Å². The normalized spacial score (nSPS) is 20.4. The lowest BCUT2D eigenvalue weighted by molar-refractivity contribution is -0.301. The number of esters is 1. The van der Waals surface area contributed by atoms with Gasteiger partial charge >= 0.3 is 16.4 Å². The Morgan fingerprint density at radius 1 is 0.591 bits per heavy atom. The average Bonchev–Trinajstić information content (AvgIpc) is 3.29. The fourth-order valence-corrected chi connectivity index (χ4v) is 7.46. The molecule has 1 aliphatic rings. The zero-order valence-electron chi connectivity index (χ0n) is 40.5. The number of aliphatic hydroxyl groups excluding tert-OH is 3. The van der Waals surface area contributed by atoms with Crippen molar-refractivity contribution in [3.8, 4) is 0 Å². The number of hydrogen-bond acceptors (Lipinski definition) is 11. The lowest BCUT2D eigenvalue weighted by Crippen LogP contribution is -2.60. The molecule has 0 aromatic rings. The molecule has 0 aromatic heterocycles. The lowest BCUT2D eigenvalue weighted by Gasteiger charge is -2.41. The van der Waals surface area contributed by atoms with Crippen molar-refractivity contribution >= 4 is 16.4 Å². The van der Waals surface area contributed by atoms with Gasteiger partial charge in [0.05, 0.1) is 19.8 Å². The summed E-state index contributed by atoms with van der Waals surface area (Å²) in [5.74, 6) is -0.462. The van der Waals surface area contributed by atoms with Crippen LogP contribution in [0.1, 0.15) is 168 Å². The van der Waals surface area contributed by atoms with Crippen molar-refractivity contribution in [2.24, 2.45) is 0 Å². The van der Waals surface area contributed by atoms with Crippen LogP contribution in [0, 0.1) is 0 Å². The number of unbranched alkanes of at least 4 members (excludes halogenated alkanes) is 13. The molecule has 0 bridgehead atoms. The standard InChI is InChI=1S/C53H88O12S/c1-3-5-7-9-11-13-15-17-19-21-22-23-24-25-26-27-28-30-32-34-36-38-40-42-49(55)63-47(46-62-53-51(57)52(65-66(58,59)60)50(56)48(44-54)64-53)45-61-43-41-39-37-35-33-31-29-20-18-16-14-12-10-8-6-4-2/h5,7,11,13,17-20,22-23,25-26,28,30,34,36,47-48,50-54,56-57H,3-4,6,8-10,12,14-16,21,24,27,29,31-33,35,37-46H2,1-2H3,(H,58,59,60)/b7-5-,13-11-,19-17-,20-18-,23-22-,26-25-,30-28-,36-34-. The molecule has 4 N–H and O–H groups in total. The Balaban J connectivity index is 2.45. The molecule has 1 rings (SSSR count). The van der Waals surface area contributed by atoms with Gasteiger partial charge in [-0.2, -0.15) is 8.42 Å². The minimum absolute atomic E-state index is 0.00247.